The molecule has 0 atom stereocenters. The first-order chi connectivity index (χ1) is 14.2. The number of H-pyrrole nitrogens is 1. The zero-order valence-corrected chi connectivity index (χ0v) is 15.6. The maximum absolute atomic E-state index is 13.3. The lowest BCUT2D eigenvalue weighted by Crippen LogP contribution is -2.13. The Balaban J connectivity index is 1.61. The summed E-state index contributed by atoms with van der Waals surface area (Å²) in [5.41, 5.74) is 4.18. The summed E-state index contributed by atoms with van der Waals surface area (Å²) in [6, 6.07) is 19.7. The molecule has 0 spiro atoms. The van der Waals surface area contributed by atoms with Crippen LogP contribution in [0.2, 0.25) is 0 Å². The van der Waals surface area contributed by atoms with E-state index in [9.17, 15) is 9.18 Å². The van der Waals surface area contributed by atoms with Gasteiger partial charge in [-0.15, -0.1) is 0 Å². The van der Waals surface area contributed by atoms with Gasteiger partial charge in [-0.3, -0.25) is 14.9 Å². The number of amides is 1. The average Bonchev–Trinajstić information content (AvgIpc) is 3.17. The molecule has 0 bridgehead atoms. The Labute approximate surface area is 167 Å². The van der Waals surface area contributed by atoms with Crippen LogP contribution in [0.1, 0.15) is 12.0 Å². The van der Waals surface area contributed by atoms with Crippen LogP contribution in [-0.2, 0) is 11.2 Å². The highest BCUT2D eigenvalue weighted by molar-refractivity contribution is 5.97. The number of anilines is 1. The van der Waals surface area contributed by atoms with E-state index in [0.29, 0.717) is 24.4 Å². The van der Waals surface area contributed by atoms with Crippen LogP contribution in [0.15, 0.2) is 79.1 Å². The zero-order valence-electron chi connectivity index (χ0n) is 15.6. The van der Waals surface area contributed by atoms with E-state index in [4.69, 9.17) is 0 Å². The maximum atomic E-state index is 13.3. The summed E-state index contributed by atoms with van der Waals surface area (Å²) in [6.45, 7) is 0. The van der Waals surface area contributed by atoms with Gasteiger partial charge in [0.05, 0.1) is 11.3 Å². The van der Waals surface area contributed by atoms with Gasteiger partial charge in [-0.25, -0.2) is 4.39 Å². The van der Waals surface area contributed by atoms with Crippen molar-refractivity contribution in [3.8, 4) is 22.4 Å². The number of nitrogens with one attached hydrogen (secondary N) is 2. The van der Waals surface area contributed by atoms with E-state index >= 15 is 0 Å². The van der Waals surface area contributed by atoms with E-state index in [-0.39, 0.29) is 11.7 Å². The highest BCUT2D eigenvalue weighted by Gasteiger charge is 2.18. The molecule has 6 heteroatoms. The first-order valence-corrected chi connectivity index (χ1v) is 9.29. The fourth-order valence-corrected chi connectivity index (χ4v) is 3.15. The Bertz CT molecular complexity index is 1090. The predicted octanol–water partition coefficient (Wildman–Crippen LogP) is 4.85. The number of carbonyl (C=O) groups excluding carboxylic acids is 1. The molecule has 0 aliphatic heterocycles. The van der Waals surface area contributed by atoms with Crippen molar-refractivity contribution in [2.75, 3.05) is 5.32 Å². The Morgan fingerprint density at radius 3 is 2.38 bits per heavy atom. The molecular formula is C23H19FN4O. The molecule has 5 nitrogen and oxygen atoms in total. The lowest BCUT2D eigenvalue weighted by atomic mass is 10.0. The second-order valence-corrected chi connectivity index (χ2v) is 6.60. The normalized spacial score (nSPS) is 10.7. The fourth-order valence-electron chi connectivity index (χ4n) is 3.15. The first-order valence-electron chi connectivity index (χ1n) is 9.29. The van der Waals surface area contributed by atoms with Gasteiger partial charge in [0.25, 0.3) is 0 Å². The number of nitrogens with zero attached hydrogens (tertiary/aromatic N) is 2. The van der Waals surface area contributed by atoms with Gasteiger partial charge in [0.1, 0.15) is 5.82 Å². The third-order valence-corrected chi connectivity index (χ3v) is 4.61. The zero-order chi connectivity index (χ0) is 20.1. The van der Waals surface area contributed by atoms with E-state index in [1.54, 1.807) is 24.5 Å². The molecular weight excluding hydrogens is 367 g/mol. The molecule has 2 N–H and O–H groups in total. The van der Waals surface area contributed by atoms with Crippen LogP contribution in [0.5, 0.6) is 0 Å². The molecule has 144 valence electrons. The second-order valence-electron chi connectivity index (χ2n) is 6.60. The summed E-state index contributed by atoms with van der Waals surface area (Å²) in [5.74, 6) is 0.00284. The van der Waals surface area contributed by atoms with Crippen LogP contribution in [-0.4, -0.2) is 21.1 Å². The van der Waals surface area contributed by atoms with Gasteiger partial charge in [0.15, 0.2) is 5.82 Å². The predicted molar refractivity (Wildman–Crippen MR) is 111 cm³/mol. The lowest BCUT2D eigenvalue weighted by molar-refractivity contribution is -0.116. The Morgan fingerprint density at radius 1 is 0.931 bits per heavy atom. The number of benzene rings is 2. The molecule has 0 unspecified atom stereocenters. The van der Waals surface area contributed by atoms with E-state index < -0.39 is 0 Å². The van der Waals surface area contributed by atoms with Gasteiger partial charge in [0, 0.05) is 24.4 Å². The Hall–Kier alpha value is -3.80. The molecule has 0 aliphatic rings. The molecule has 2 aromatic carbocycles. The number of aryl methyl sites for hydroxylation is 1. The van der Waals surface area contributed by atoms with Gasteiger partial charge >= 0.3 is 0 Å². The van der Waals surface area contributed by atoms with E-state index in [1.807, 2.05) is 42.5 Å². The molecule has 0 saturated carbocycles. The molecule has 0 saturated heterocycles. The quantitative estimate of drug-likeness (QED) is 0.498. The Kier molecular flexibility index (Phi) is 5.42. The number of hydrogen-bond donors (Lipinski definition) is 2. The maximum Gasteiger partial charge on any atom is 0.225 e. The van der Waals surface area contributed by atoms with Crippen LogP contribution in [0.4, 0.5) is 10.2 Å². The standard InChI is InChI=1S/C23H19FN4O/c24-19-9-7-18(8-10-19)22-21(17-12-14-25-15-13-17)23(28-27-22)26-20(29)11-6-16-4-2-1-3-5-16/h1-5,7-10,12-15H,6,11H2,(H2,26,27,28,29). The van der Waals surface area contributed by atoms with Crippen molar-refractivity contribution < 1.29 is 9.18 Å². The third kappa shape index (κ3) is 4.38. The minimum Gasteiger partial charge on any atom is -0.309 e. The number of carbonyl (C=O) groups is 1. The summed E-state index contributed by atoms with van der Waals surface area (Å²) in [5, 5.41) is 10.2. The van der Waals surface area contributed by atoms with E-state index in [2.05, 4.69) is 20.5 Å². The van der Waals surface area contributed by atoms with Crippen molar-refractivity contribution in [2.24, 2.45) is 0 Å². The van der Waals surface area contributed by atoms with Gasteiger partial charge < -0.3 is 5.32 Å². The topological polar surface area (TPSA) is 70.7 Å². The van der Waals surface area contributed by atoms with Gasteiger partial charge in [0.2, 0.25) is 5.91 Å². The van der Waals surface area contributed by atoms with Crippen molar-refractivity contribution in [2.45, 2.75) is 12.8 Å². The average molecular weight is 386 g/mol. The minimum atomic E-state index is -0.312. The van der Waals surface area contributed by atoms with Crippen LogP contribution < -0.4 is 5.32 Å². The van der Waals surface area contributed by atoms with Crippen LogP contribution in [0.3, 0.4) is 0 Å². The molecule has 2 aromatic heterocycles. The number of aromatic amines is 1. The monoisotopic (exact) mass is 386 g/mol. The highest BCUT2D eigenvalue weighted by atomic mass is 19.1. The van der Waals surface area contributed by atoms with Gasteiger partial charge in [-0.05, 0) is 53.9 Å². The van der Waals surface area contributed by atoms with Crippen LogP contribution >= 0.6 is 0 Å². The minimum absolute atomic E-state index is 0.124. The van der Waals surface area contributed by atoms with Crippen molar-refractivity contribution in [3.63, 3.8) is 0 Å². The van der Waals surface area contributed by atoms with E-state index in [0.717, 1.165) is 22.3 Å². The number of pyridine rings is 1. The molecule has 29 heavy (non-hydrogen) atoms. The lowest BCUT2D eigenvalue weighted by Gasteiger charge is -2.08. The number of hydrogen-bond acceptors (Lipinski definition) is 3. The Morgan fingerprint density at radius 2 is 1.66 bits per heavy atom. The summed E-state index contributed by atoms with van der Waals surface area (Å²) in [4.78, 5) is 16.6. The van der Waals surface area contributed by atoms with E-state index in [1.165, 1.54) is 12.1 Å². The van der Waals surface area contributed by atoms with Crippen molar-refractivity contribution >= 4 is 11.7 Å². The number of halogens is 1. The van der Waals surface area contributed by atoms with Gasteiger partial charge in [-0.1, -0.05) is 30.3 Å². The fraction of sp³-hybridized carbons (Fsp3) is 0.0870. The molecule has 0 fully saturated rings. The molecule has 4 rings (SSSR count). The van der Waals surface area contributed by atoms with Crippen LogP contribution in [0.25, 0.3) is 22.4 Å². The summed E-state index contributed by atoms with van der Waals surface area (Å²) < 4.78 is 13.3. The summed E-state index contributed by atoms with van der Waals surface area (Å²) in [7, 11) is 0. The number of aromatic nitrogens is 3. The molecule has 0 radical (unpaired) electrons. The SMILES string of the molecule is O=C(CCc1ccccc1)Nc1n[nH]c(-c2ccc(F)cc2)c1-c1ccncc1. The highest BCUT2D eigenvalue weighted by Crippen LogP contribution is 2.36. The van der Waals surface area contributed by atoms with Crippen molar-refractivity contribution in [1.82, 2.24) is 15.2 Å². The number of rotatable bonds is 6. The molecule has 4 aromatic rings. The molecule has 0 aliphatic carbocycles. The first kappa shape index (κ1) is 18.6. The second kappa shape index (κ2) is 8.48. The smallest absolute Gasteiger partial charge is 0.225 e. The summed E-state index contributed by atoms with van der Waals surface area (Å²) >= 11 is 0. The van der Waals surface area contributed by atoms with Crippen molar-refractivity contribution in [1.29, 1.82) is 0 Å². The molecule has 2 heterocycles. The van der Waals surface area contributed by atoms with Gasteiger partial charge in [-0.2, -0.15) is 5.10 Å². The van der Waals surface area contributed by atoms with Crippen LogP contribution in [0, 0.1) is 5.82 Å². The third-order valence-electron chi connectivity index (χ3n) is 4.61. The molecule has 1 amide bonds. The summed E-state index contributed by atoms with van der Waals surface area (Å²) in [6.07, 6.45) is 4.35. The largest absolute Gasteiger partial charge is 0.309 e. The van der Waals surface area contributed by atoms with Crippen molar-refractivity contribution in [3.05, 3.63) is 90.5 Å².